The van der Waals surface area contributed by atoms with Crippen LogP contribution in [0.3, 0.4) is 0 Å². The van der Waals surface area contributed by atoms with Crippen LogP contribution in [0.25, 0.3) is 0 Å². The van der Waals surface area contributed by atoms with Crippen molar-refractivity contribution in [2.75, 3.05) is 0 Å². The lowest BCUT2D eigenvalue weighted by Crippen LogP contribution is -2.43. The van der Waals surface area contributed by atoms with E-state index in [-0.39, 0.29) is 0 Å². The average molecular weight is 192 g/mol. The van der Waals surface area contributed by atoms with Gasteiger partial charge < -0.3 is 0 Å². The van der Waals surface area contributed by atoms with Gasteiger partial charge in [0.25, 0.3) is 0 Å². The van der Waals surface area contributed by atoms with Gasteiger partial charge >= 0.3 is 0 Å². The second-order valence-corrected chi connectivity index (χ2v) is 5.44. The summed E-state index contributed by atoms with van der Waals surface area (Å²) in [6.45, 7) is 7.17. The summed E-state index contributed by atoms with van der Waals surface area (Å²) >= 11 is 0. The summed E-state index contributed by atoms with van der Waals surface area (Å²) in [5, 5.41) is 0. The summed E-state index contributed by atoms with van der Waals surface area (Å²) in [7, 11) is 0. The fourth-order valence-corrected chi connectivity index (χ4v) is 3.42. The van der Waals surface area contributed by atoms with Crippen molar-refractivity contribution in [3.05, 3.63) is 11.6 Å². The third-order valence-corrected chi connectivity index (χ3v) is 4.53. The lowest BCUT2D eigenvalue weighted by Gasteiger charge is -2.52. The monoisotopic (exact) mass is 192 g/mol. The smallest absolute Gasteiger partial charge is 0.0169 e. The highest BCUT2D eigenvalue weighted by Gasteiger charge is 2.45. The maximum atomic E-state index is 2.57. The average Bonchev–Trinajstić information content (AvgIpc) is 2.19. The first kappa shape index (κ1) is 10.3. The predicted octanol–water partition coefficient (Wildman–Crippen LogP) is 4.42. The Morgan fingerprint density at radius 1 is 1.29 bits per heavy atom. The van der Waals surface area contributed by atoms with Gasteiger partial charge in [0.2, 0.25) is 0 Å². The van der Waals surface area contributed by atoms with E-state index in [1.54, 1.807) is 0 Å². The molecule has 0 radical (unpaired) electrons. The maximum Gasteiger partial charge on any atom is -0.0169 e. The molecule has 3 saturated carbocycles. The Kier molecular flexibility index (Phi) is 2.99. The first-order valence-electron chi connectivity index (χ1n) is 6.44. The largest absolute Gasteiger partial charge is 0.0848 e. The van der Waals surface area contributed by atoms with Crippen molar-refractivity contribution < 1.29 is 0 Å². The molecule has 0 aromatic rings. The van der Waals surface area contributed by atoms with Crippen LogP contribution in [-0.4, -0.2) is 0 Å². The number of allylic oxidation sites excluding steroid dienone is 2. The number of fused-ring (bicyclic) bond motifs is 2. The van der Waals surface area contributed by atoms with Crippen molar-refractivity contribution in [2.45, 2.75) is 52.9 Å². The molecule has 3 aliphatic rings. The lowest BCUT2D eigenvalue weighted by atomic mass is 9.53. The molecule has 0 heteroatoms. The number of hydrogen-bond donors (Lipinski definition) is 0. The van der Waals surface area contributed by atoms with Crippen LogP contribution in [0.15, 0.2) is 11.6 Å². The lowest BCUT2D eigenvalue weighted by molar-refractivity contribution is 0.0499. The number of hydrogen-bond acceptors (Lipinski definition) is 0. The molecule has 0 nitrogen and oxygen atoms in total. The van der Waals surface area contributed by atoms with Crippen LogP contribution < -0.4 is 0 Å². The van der Waals surface area contributed by atoms with E-state index in [4.69, 9.17) is 0 Å². The normalized spacial score (nSPS) is 43.8. The molecule has 3 rings (SSSR count). The van der Waals surface area contributed by atoms with Crippen molar-refractivity contribution in [1.29, 1.82) is 0 Å². The third kappa shape index (κ3) is 1.64. The fourth-order valence-electron chi connectivity index (χ4n) is 3.42. The molecule has 0 heterocycles. The minimum Gasteiger partial charge on any atom is -0.0848 e. The Morgan fingerprint density at radius 2 is 2.07 bits per heavy atom. The van der Waals surface area contributed by atoms with Crippen molar-refractivity contribution >= 4 is 0 Å². The summed E-state index contributed by atoms with van der Waals surface area (Å²) in [6.07, 6.45) is 9.58. The van der Waals surface area contributed by atoms with E-state index in [0.29, 0.717) is 0 Å². The Balaban J connectivity index is 1.97. The zero-order valence-corrected chi connectivity index (χ0v) is 9.92. The molecule has 3 aliphatic carbocycles. The molecule has 0 amide bonds. The highest BCUT2D eigenvalue weighted by Crippen LogP contribution is 2.55. The fraction of sp³-hybridized carbons (Fsp3) is 0.857. The van der Waals surface area contributed by atoms with Crippen LogP contribution in [0.2, 0.25) is 0 Å². The SMILES string of the molecule is CCCC/C=C1/C(C)C[C@H]2CC1C2C. The van der Waals surface area contributed by atoms with Crippen LogP contribution in [0.4, 0.5) is 0 Å². The summed E-state index contributed by atoms with van der Waals surface area (Å²) in [6, 6.07) is 0. The Bertz CT molecular complexity index is 226. The minimum absolute atomic E-state index is 0.895. The minimum atomic E-state index is 0.895. The number of unbranched alkanes of at least 4 members (excludes halogenated alkanes) is 2. The highest BCUT2D eigenvalue weighted by molar-refractivity contribution is 5.20. The van der Waals surface area contributed by atoms with Gasteiger partial charge in [0.05, 0.1) is 0 Å². The Labute approximate surface area is 88.8 Å². The van der Waals surface area contributed by atoms with Crippen molar-refractivity contribution in [2.24, 2.45) is 23.7 Å². The molecule has 3 fully saturated rings. The van der Waals surface area contributed by atoms with Gasteiger partial charge in [-0.25, -0.2) is 0 Å². The van der Waals surface area contributed by atoms with E-state index in [9.17, 15) is 0 Å². The third-order valence-electron chi connectivity index (χ3n) is 4.53. The van der Waals surface area contributed by atoms with Gasteiger partial charge in [-0.05, 0) is 42.9 Å². The van der Waals surface area contributed by atoms with Gasteiger partial charge in [-0.1, -0.05) is 45.3 Å². The first-order valence-corrected chi connectivity index (χ1v) is 6.44. The van der Waals surface area contributed by atoms with E-state index < -0.39 is 0 Å². The summed E-state index contributed by atoms with van der Waals surface area (Å²) < 4.78 is 0. The molecule has 14 heavy (non-hydrogen) atoms. The standard InChI is InChI=1S/C14H24/c1-4-5-6-7-13-10(2)8-12-9-14(13)11(12)3/h7,10-12,14H,4-6,8-9H2,1-3H3/b13-7-/t10?,11?,12-,14?/m0/s1. The van der Waals surface area contributed by atoms with Crippen LogP contribution >= 0.6 is 0 Å². The first-order chi connectivity index (χ1) is 6.74. The summed E-state index contributed by atoms with van der Waals surface area (Å²) in [5.41, 5.74) is 1.81. The van der Waals surface area contributed by atoms with Gasteiger partial charge in [0.15, 0.2) is 0 Å². The second kappa shape index (κ2) is 4.08. The summed E-state index contributed by atoms with van der Waals surface area (Å²) in [5.74, 6) is 3.94. The maximum absolute atomic E-state index is 2.57. The Hall–Kier alpha value is -0.260. The number of rotatable bonds is 3. The van der Waals surface area contributed by atoms with Crippen molar-refractivity contribution in [3.8, 4) is 0 Å². The summed E-state index contributed by atoms with van der Waals surface area (Å²) in [4.78, 5) is 0. The molecule has 0 aromatic heterocycles. The van der Waals surface area contributed by atoms with Crippen LogP contribution in [0.5, 0.6) is 0 Å². The van der Waals surface area contributed by atoms with Gasteiger partial charge in [-0.3, -0.25) is 0 Å². The van der Waals surface area contributed by atoms with Gasteiger partial charge in [-0.2, -0.15) is 0 Å². The van der Waals surface area contributed by atoms with Crippen molar-refractivity contribution in [1.82, 2.24) is 0 Å². The van der Waals surface area contributed by atoms with E-state index in [1.807, 2.05) is 5.57 Å². The van der Waals surface area contributed by atoms with E-state index >= 15 is 0 Å². The zero-order chi connectivity index (χ0) is 10.1. The van der Waals surface area contributed by atoms with E-state index in [2.05, 4.69) is 26.8 Å². The highest BCUT2D eigenvalue weighted by atomic mass is 14.5. The quantitative estimate of drug-likeness (QED) is 0.459. The van der Waals surface area contributed by atoms with Crippen LogP contribution in [-0.2, 0) is 0 Å². The van der Waals surface area contributed by atoms with E-state index in [0.717, 1.165) is 23.7 Å². The molecular weight excluding hydrogens is 168 g/mol. The van der Waals surface area contributed by atoms with Gasteiger partial charge in [0, 0.05) is 0 Å². The van der Waals surface area contributed by atoms with Crippen LogP contribution in [0.1, 0.15) is 52.9 Å². The molecular formula is C14H24. The van der Waals surface area contributed by atoms with E-state index in [1.165, 1.54) is 32.1 Å². The molecule has 3 unspecified atom stereocenters. The Morgan fingerprint density at radius 3 is 2.71 bits per heavy atom. The molecule has 0 spiro atoms. The molecule has 4 atom stereocenters. The molecule has 0 saturated heterocycles. The molecule has 0 aromatic carbocycles. The van der Waals surface area contributed by atoms with Gasteiger partial charge in [0.1, 0.15) is 0 Å². The van der Waals surface area contributed by atoms with Crippen LogP contribution in [0, 0.1) is 23.7 Å². The van der Waals surface area contributed by atoms with Crippen molar-refractivity contribution in [3.63, 3.8) is 0 Å². The topological polar surface area (TPSA) is 0 Å². The van der Waals surface area contributed by atoms with Gasteiger partial charge in [-0.15, -0.1) is 0 Å². The molecule has 80 valence electrons. The predicted molar refractivity (Wildman–Crippen MR) is 62.2 cm³/mol. The molecule has 2 bridgehead atoms. The second-order valence-electron chi connectivity index (χ2n) is 5.44. The molecule has 0 aliphatic heterocycles. The molecule has 0 N–H and O–H groups in total. The zero-order valence-electron chi connectivity index (χ0n) is 9.92.